The molecule has 0 aliphatic carbocycles. The summed E-state index contributed by atoms with van der Waals surface area (Å²) in [5.41, 5.74) is 1.77. The summed E-state index contributed by atoms with van der Waals surface area (Å²) in [7, 11) is 1.51. The molecule has 5 N–H and O–H groups in total. The summed E-state index contributed by atoms with van der Waals surface area (Å²) in [6.07, 6.45) is 4.85. The minimum Gasteiger partial charge on any atom is -0.493 e. The minimum absolute atomic E-state index is 0.0627. The summed E-state index contributed by atoms with van der Waals surface area (Å²) in [5, 5.41) is 16.2. The number of methoxy groups -OCH3 is 1. The van der Waals surface area contributed by atoms with Gasteiger partial charge in [-0.15, -0.1) is 11.3 Å². The SMILES string of the molecule is COc1ccc2cc1OCC(=O)NCCC[C@H](NC(=O)c1csc(-c3ncccn3)n1)C(=O)N[C@@H](Cc1ccccc1)C(=O)N[C@H](C(C)C)C(=O)NCCC2. The van der Waals surface area contributed by atoms with E-state index in [1.54, 1.807) is 36.0 Å². The number of carbonyl (C=O) groups is 5. The van der Waals surface area contributed by atoms with Crippen molar-refractivity contribution in [3.05, 3.63) is 89.2 Å². The van der Waals surface area contributed by atoms with Crippen LogP contribution in [0.15, 0.2) is 72.4 Å². The van der Waals surface area contributed by atoms with Gasteiger partial charge in [0.15, 0.2) is 28.9 Å². The molecule has 1 aliphatic heterocycles. The van der Waals surface area contributed by atoms with E-state index in [1.165, 1.54) is 18.4 Å². The average molecular weight is 771 g/mol. The molecule has 0 spiro atoms. The van der Waals surface area contributed by atoms with E-state index >= 15 is 0 Å². The van der Waals surface area contributed by atoms with E-state index < -0.39 is 35.8 Å². The second-order valence-corrected chi connectivity index (χ2v) is 14.1. The van der Waals surface area contributed by atoms with E-state index in [9.17, 15) is 24.0 Å². The van der Waals surface area contributed by atoms with Crippen molar-refractivity contribution in [1.82, 2.24) is 41.5 Å². The molecule has 3 heterocycles. The quantitative estimate of drug-likeness (QED) is 0.186. The van der Waals surface area contributed by atoms with Gasteiger partial charge in [-0.05, 0) is 60.9 Å². The zero-order valence-electron chi connectivity index (χ0n) is 31.0. The number of rotatable bonds is 7. The smallest absolute Gasteiger partial charge is 0.271 e. The molecular formula is C39H46N8O7S. The van der Waals surface area contributed by atoms with E-state index in [2.05, 4.69) is 41.5 Å². The summed E-state index contributed by atoms with van der Waals surface area (Å²) in [6.45, 7) is 3.89. The van der Waals surface area contributed by atoms with Gasteiger partial charge in [0.05, 0.1) is 7.11 Å². The largest absolute Gasteiger partial charge is 0.493 e. The van der Waals surface area contributed by atoms with Gasteiger partial charge in [-0.1, -0.05) is 50.2 Å². The van der Waals surface area contributed by atoms with Crippen molar-refractivity contribution >= 4 is 40.9 Å². The molecule has 290 valence electrons. The number of nitrogens with zero attached hydrogens (tertiary/aromatic N) is 3. The van der Waals surface area contributed by atoms with Gasteiger partial charge in [-0.3, -0.25) is 24.0 Å². The predicted octanol–water partition coefficient (Wildman–Crippen LogP) is 2.61. The Balaban J connectivity index is 1.39. The van der Waals surface area contributed by atoms with Gasteiger partial charge in [0.1, 0.15) is 23.8 Å². The molecule has 5 amide bonds. The van der Waals surface area contributed by atoms with Gasteiger partial charge < -0.3 is 36.1 Å². The van der Waals surface area contributed by atoms with Crippen molar-refractivity contribution in [2.75, 3.05) is 26.8 Å². The Kier molecular flexibility index (Phi) is 14.6. The number of aromatic nitrogens is 3. The summed E-state index contributed by atoms with van der Waals surface area (Å²) in [4.78, 5) is 80.5. The predicted molar refractivity (Wildman–Crippen MR) is 205 cm³/mol. The van der Waals surface area contributed by atoms with Crippen molar-refractivity contribution in [2.45, 2.75) is 64.1 Å². The van der Waals surface area contributed by atoms with Crippen molar-refractivity contribution < 1.29 is 33.4 Å². The highest BCUT2D eigenvalue weighted by Crippen LogP contribution is 2.28. The molecule has 16 heteroatoms. The Bertz CT molecular complexity index is 1930. The first-order chi connectivity index (χ1) is 26.6. The van der Waals surface area contributed by atoms with Crippen LogP contribution in [0, 0.1) is 5.92 Å². The lowest BCUT2D eigenvalue weighted by atomic mass is 10.00. The van der Waals surface area contributed by atoms with Crippen LogP contribution in [0.1, 0.15) is 54.7 Å². The Morgan fingerprint density at radius 1 is 0.945 bits per heavy atom. The number of nitrogens with one attached hydrogen (secondary N) is 5. The fourth-order valence-corrected chi connectivity index (χ4v) is 6.59. The zero-order chi connectivity index (χ0) is 39.2. The molecule has 0 saturated carbocycles. The third kappa shape index (κ3) is 11.8. The Morgan fingerprint density at radius 3 is 2.45 bits per heavy atom. The maximum atomic E-state index is 14.0. The van der Waals surface area contributed by atoms with Crippen molar-refractivity contribution in [1.29, 1.82) is 0 Å². The maximum Gasteiger partial charge on any atom is 0.271 e. The highest BCUT2D eigenvalue weighted by atomic mass is 32.1. The van der Waals surface area contributed by atoms with E-state index in [1.807, 2.05) is 50.2 Å². The van der Waals surface area contributed by atoms with Crippen LogP contribution in [0.5, 0.6) is 11.5 Å². The normalized spacial score (nSPS) is 19.3. The van der Waals surface area contributed by atoms with Crippen LogP contribution < -0.4 is 36.1 Å². The molecule has 0 saturated heterocycles. The number of ether oxygens (including phenoxy) is 2. The second kappa shape index (κ2) is 20.0. The maximum absolute atomic E-state index is 14.0. The molecule has 1 aliphatic rings. The van der Waals surface area contributed by atoms with Crippen LogP contribution in [-0.4, -0.2) is 89.4 Å². The van der Waals surface area contributed by atoms with Gasteiger partial charge >= 0.3 is 0 Å². The van der Waals surface area contributed by atoms with Gasteiger partial charge in [-0.25, -0.2) is 15.0 Å². The van der Waals surface area contributed by atoms with E-state index in [4.69, 9.17) is 9.47 Å². The van der Waals surface area contributed by atoms with Crippen LogP contribution in [0.4, 0.5) is 0 Å². The average Bonchev–Trinajstić information content (AvgIpc) is 3.69. The fourth-order valence-electron chi connectivity index (χ4n) is 5.84. The molecule has 15 nitrogen and oxygen atoms in total. The highest BCUT2D eigenvalue weighted by Gasteiger charge is 2.31. The molecule has 0 fully saturated rings. The van der Waals surface area contributed by atoms with E-state index in [-0.39, 0.29) is 55.8 Å². The Hall–Kier alpha value is -5.90. The van der Waals surface area contributed by atoms with Crippen molar-refractivity contribution in [2.24, 2.45) is 5.92 Å². The molecule has 3 atom stereocenters. The van der Waals surface area contributed by atoms with Gasteiger partial charge in [0, 0.05) is 37.3 Å². The number of hydrogen-bond donors (Lipinski definition) is 5. The lowest BCUT2D eigenvalue weighted by molar-refractivity contribution is -0.133. The third-order valence-electron chi connectivity index (χ3n) is 8.80. The summed E-state index contributed by atoms with van der Waals surface area (Å²) in [5.74, 6) is -1.58. The first-order valence-electron chi connectivity index (χ1n) is 18.1. The minimum atomic E-state index is -1.13. The number of amides is 5. The lowest BCUT2D eigenvalue weighted by Crippen LogP contribution is -2.58. The van der Waals surface area contributed by atoms with Crippen LogP contribution in [0.2, 0.25) is 0 Å². The number of carbonyl (C=O) groups excluding carboxylic acids is 5. The van der Waals surface area contributed by atoms with Crippen LogP contribution in [-0.2, 0) is 32.0 Å². The van der Waals surface area contributed by atoms with Crippen LogP contribution in [0.3, 0.4) is 0 Å². The van der Waals surface area contributed by atoms with Gasteiger partial charge in [0.2, 0.25) is 17.7 Å². The number of thiazole rings is 1. The standard InChI is InChI=1S/C39H46N8O7S/c1-24(2)33-38(52)43-17-7-12-26-14-15-30(53-3)31(21-26)54-22-32(48)40-16-8-13-27(35(49)45-28(36(50)47-33)20-25-10-5-4-6-11-25)44-37(51)29-23-55-39(46-29)34-41-18-9-19-42-34/h4-6,9-11,14-15,18-19,21,23-24,27-28,33H,7-8,12-13,16-17,20,22H2,1-3H3,(H,40,48)(H,43,52)(H,44,51)(H,45,49)(H,47,50)/t27-,28-,33+/m0/s1. The van der Waals surface area contributed by atoms with Gasteiger partial charge in [-0.2, -0.15) is 0 Å². The monoisotopic (exact) mass is 770 g/mol. The molecule has 0 radical (unpaired) electrons. The summed E-state index contributed by atoms with van der Waals surface area (Å²) >= 11 is 1.18. The first kappa shape index (κ1) is 40.3. The van der Waals surface area contributed by atoms with Crippen LogP contribution >= 0.6 is 11.3 Å². The molecular weight excluding hydrogens is 725 g/mol. The summed E-state index contributed by atoms with van der Waals surface area (Å²) in [6, 6.07) is 13.2. The number of fused-ring (bicyclic) bond motifs is 2. The van der Waals surface area contributed by atoms with E-state index in [0.717, 1.165) is 11.1 Å². The fraction of sp³-hybridized carbons (Fsp3) is 0.385. The van der Waals surface area contributed by atoms with Gasteiger partial charge in [0.25, 0.3) is 11.8 Å². The lowest BCUT2D eigenvalue weighted by Gasteiger charge is -2.27. The van der Waals surface area contributed by atoms with E-state index in [0.29, 0.717) is 41.7 Å². The molecule has 2 aromatic carbocycles. The Morgan fingerprint density at radius 2 is 1.71 bits per heavy atom. The first-order valence-corrected chi connectivity index (χ1v) is 19.0. The second-order valence-electron chi connectivity index (χ2n) is 13.3. The highest BCUT2D eigenvalue weighted by molar-refractivity contribution is 7.13. The molecule has 2 aromatic heterocycles. The molecule has 0 unspecified atom stereocenters. The van der Waals surface area contributed by atoms with Crippen LogP contribution in [0.25, 0.3) is 10.8 Å². The topological polar surface area (TPSA) is 203 Å². The molecule has 55 heavy (non-hydrogen) atoms. The number of hydrogen-bond acceptors (Lipinski definition) is 11. The molecule has 5 rings (SSSR count). The number of aryl methyl sites for hydroxylation is 1. The van der Waals surface area contributed by atoms with Crippen molar-refractivity contribution in [3.63, 3.8) is 0 Å². The molecule has 2 bridgehead atoms. The Labute approximate surface area is 323 Å². The summed E-state index contributed by atoms with van der Waals surface area (Å²) < 4.78 is 11.2. The van der Waals surface area contributed by atoms with Crippen molar-refractivity contribution in [3.8, 4) is 22.3 Å². The number of benzene rings is 2. The third-order valence-corrected chi connectivity index (χ3v) is 9.64. The molecule has 4 aromatic rings. The zero-order valence-corrected chi connectivity index (χ0v) is 31.8.